The summed E-state index contributed by atoms with van der Waals surface area (Å²) in [4.78, 5) is 0. The van der Waals surface area contributed by atoms with Gasteiger partial charge in [0.15, 0.2) is 5.11 Å². The number of thiocarbonyl (C=S) groups is 1. The SMILES string of the molecule is CCOc1ccc(NC(=S)N[C@H](c2ccccc2)c2ccco2)cc1. The van der Waals surface area contributed by atoms with Crippen LogP contribution in [0.5, 0.6) is 5.75 Å². The number of nitrogens with one attached hydrogen (secondary N) is 2. The zero-order chi connectivity index (χ0) is 17.5. The largest absolute Gasteiger partial charge is 0.494 e. The second kappa shape index (κ2) is 8.35. The van der Waals surface area contributed by atoms with Gasteiger partial charge in [-0.25, -0.2) is 0 Å². The van der Waals surface area contributed by atoms with Gasteiger partial charge < -0.3 is 19.8 Å². The zero-order valence-corrected chi connectivity index (χ0v) is 14.8. The molecule has 0 aliphatic rings. The van der Waals surface area contributed by atoms with Crippen molar-refractivity contribution in [3.8, 4) is 5.75 Å². The third kappa shape index (κ3) is 4.61. The lowest BCUT2D eigenvalue weighted by atomic mass is 10.1. The Labute approximate surface area is 152 Å². The average Bonchev–Trinajstić information content (AvgIpc) is 3.17. The summed E-state index contributed by atoms with van der Waals surface area (Å²) in [6.07, 6.45) is 1.66. The summed E-state index contributed by atoms with van der Waals surface area (Å²) in [6.45, 7) is 2.61. The van der Waals surface area contributed by atoms with Crippen LogP contribution in [0.3, 0.4) is 0 Å². The van der Waals surface area contributed by atoms with Gasteiger partial charge in [0.1, 0.15) is 17.6 Å². The third-order valence-corrected chi connectivity index (χ3v) is 3.88. The molecule has 0 unspecified atom stereocenters. The van der Waals surface area contributed by atoms with Gasteiger partial charge >= 0.3 is 0 Å². The van der Waals surface area contributed by atoms with E-state index in [-0.39, 0.29) is 6.04 Å². The molecule has 0 fully saturated rings. The molecular weight excluding hydrogens is 332 g/mol. The molecule has 1 heterocycles. The van der Waals surface area contributed by atoms with Gasteiger partial charge in [0, 0.05) is 5.69 Å². The van der Waals surface area contributed by atoms with E-state index >= 15 is 0 Å². The molecule has 25 heavy (non-hydrogen) atoms. The maximum atomic E-state index is 5.58. The second-order valence-corrected chi connectivity index (χ2v) is 5.82. The van der Waals surface area contributed by atoms with Crippen LogP contribution in [0.25, 0.3) is 0 Å². The van der Waals surface area contributed by atoms with Gasteiger partial charge in [-0.1, -0.05) is 30.3 Å². The van der Waals surface area contributed by atoms with Gasteiger partial charge in [0.2, 0.25) is 0 Å². The predicted molar refractivity (Wildman–Crippen MR) is 104 cm³/mol. The van der Waals surface area contributed by atoms with Crippen LogP contribution >= 0.6 is 12.2 Å². The van der Waals surface area contributed by atoms with Crippen LogP contribution in [0, 0.1) is 0 Å². The molecule has 0 radical (unpaired) electrons. The zero-order valence-electron chi connectivity index (χ0n) is 13.9. The van der Waals surface area contributed by atoms with Crippen molar-refractivity contribution in [3.63, 3.8) is 0 Å². The molecule has 0 saturated heterocycles. The molecule has 0 aliphatic heterocycles. The fourth-order valence-corrected chi connectivity index (χ4v) is 2.75. The van der Waals surface area contributed by atoms with Gasteiger partial charge in [-0.2, -0.15) is 0 Å². The molecule has 4 nitrogen and oxygen atoms in total. The molecule has 0 bridgehead atoms. The first-order chi connectivity index (χ1) is 12.3. The third-order valence-electron chi connectivity index (χ3n) is 3.66. The van der Waals surface area contributed by atoms with Gasteiger partial charge in [-0.3, -0.25) is 0 Å². The first-order valence-corrected chi connectivity index (χ1v) is 8.56. The highest BCUT2D eigenvalue weighted by atomic mass is 32.1. The van der Waals surface area contributed by atoms with Gasteiger partial charge in [-0.05, 0) is 61.1 Å². The van der Waals surface area contributed by atoms with E-state index in [1.165, 1.54) is 0 Å². The van der Waals surface area contributed by atoms with E-state index in [4.69, 9.17) is 21.4 Å². The van der Waals surface area contributed by atoms with Crippen LogP contribution in [0.1, 0.15) is 24.3 Å². The van der Waals surface area contributed by atoms with Crippen molar-refractivity contribution in [1.82, 2.24) is 5.32 Å². The lowest BCUT2D eigenvalue weighted by Gasteiger charge is -2.19. The normalized spacial score (nSPS) is 11.6. The number of benzene rings is 2. The summed E-state index contributed by atoms with van der Waals surface area (Å²) in [5.74, 6) is 1.65. The molecule has 0 saturated carbocycles. The average molecular weight is 352 g/mol. The number of hydrogen-bond donors (Lipinski definition) is 2. The molecule has 3 aromatic rings. The van der Waals surface area contributed by atoms with Crippen molar-refractivity contribution in [3.05, 3.63) is 84.3 Å². The minimum absolute atomic E-state index is 0.154. The van der Waals surface area contributed by atoms with E-state index in [1.807, 2.05) is 73.7 Å². The molecule has 2 aromatic carbocycles. The lowest BCUT2D eigenvalue weighted by Crippen LogP contribution is -2.32. The molecular formula is C20H20N2O2S. The van der Waals surface area contributed by atoms with Crippen molar-refractivity contribution >= 4 is 23.0 Å². The van der Waals surface area contributed by atoms with Crippen LogP contribution in [-0.2, 0) is 0 Å². The molecule has 5 heteroatoms. The fraction of sp³-hybridized carbons (Fsp3) is 0.150. The molecule has 128 valence electrons. The van der Waals surface area contributed by atoms with E-state index in [0.29, 0.717) is 11.7 Å². The standard InChI is InChI=1S/C20H20N2O2S/c1-2-23-17-12-10-16(11-13-17)21-20(25)22-19(18-9-6-14-24-18)15-7-4-3-5-8-15/h3-14,19H,2H2,1H3,(H2,21,22,25)/t19-/m1/s1. The Hall–Kier alpha value is -2.79. The molecule has 0 aliphatic carbocycles. The van der Waals surface area contributed by atoms with Crippen molar-refractivity contribution in [2.24, 2.45) is 0 Å². The van der Waals surface area contributed by atoms with E-state index in [0.717, 1.165) is 22.8 Å². The van der Waals surface area contributed by atoms with E-state index in [2.05, 4.69) is 10.6 Å². The van der Waals surface area contributed by atoms with Crippen LogP contribution in [0.15, 0.2) is 77.4 Å². The van der Waals surface area contributed by atoms with Gasteiger partial charge in [-0.15, -0.1) is 0 Å². The van der Waals surface area contributed by atoms with Crippen molar-refractivity contribution in [2.45, 2.75) is 13.0 Å². The van der Waals surface area contributed by atoms with Crippen LogP contribution < -0.4 is 15.4 Å². The van der Waals surface area contributed by atoms with Crippen molar-refractivity contribution in [2.75, 3.05) is 11.9 Å². The molecule has 1 aromatic heterocycles. The number of anilines is 1. The highest BCUT2D eigenvalue weighted by Gasteiger charge is 2.17. The van der Waals surface area contributed by atoms with Crippen molar-refractivity contribution < 1.29 is 9.15 Å². The van der Waals surface area contributed by atoms with Crippen LogP contribution in [-0.4, -0.2) is 11.7 Å². The highest BCUT2D eigenvalue weighted by Crippen LogP contribution is 2.23. The Bertz CT molecular complexity index is 786. The summed E-state index contributed by atoms with van der Waals surface area (Å²) in [7, 11) is 0. The second-order valence-electron chi connectivity index (χ2n) is 5.41. The van der Waals surface area contributed by atoms with E-state index in [1.54, 1.807) is 6.26 Å². The summed E-state index contributed by atoms with van der Waals surface area (Å²) in [5, 5.41) is 7.04. The maximum Gasteiger partial charge on any atom is 0.171 e. The van der Waals surface area contributed by atoms with Crippen LogP contribution in [0.4, 0.5) is 5.69 Å². The summed E-state index contributed by atoms with van der Waals surface area (Å²) in [5.41, 5.74) is 1.97. The number of hydrogen-bond acceptors (Lipinski definition) is 3. The van der Waals surface area contributed by atoms with E-state index in [9.17, 15) is 0 Å². The topological polar surface area (TPSA) is 46.4 Å². The van der Waals surface area contributed by atoms with Crippen molar-refractivity contribution in [1.29, 1.82) is 0 Å². The number of rotatable bonds is 6. The first-order valence-electron chi connectivity index (χ1n) is 8.15. The quantitative estimate of drug-likeness (QED) is 0.627. The molecule has 2 N–H and O–H groups in total. The van der Waals surface area contributed by atoms with E-state index < -0.39 is 0 Å². The van der Waals surface area contributed by atoms with Gasteiger partial charge in [0.25, 0.3) is 0 Å². The van der Waals surface area contributed by atoms with Crippen LogP contribution in [0.2, 0.25) is 0 Å². The number of furan rings is 1. The first kappa shape index (κ1) is 17.0. The Morgan fingerprint density at radius 1 is 1.04 bits per heavy atom. The molecule has 1 atom stereocenters. The summed E-state index contributed by atoms with van der Waals surface area (Å²) in [6, 6.07) is 21.4. The molecule has 0 amide bonds. The predicted octanol–water partition coefficient (Wildman–Crippen LogP) is 4.75. The fourth-order valence-electron chi connectivity index (χ4n) is 2.52. The van der Waals surface area contributed by atoms with Gasteiger partial charge in [0.05, 0.1) is 12.9 Å². The Balaban J connectivity index is 1.70. The minimum Gasteiger partial charge on any atom is -0.494 e. The molecule has 3 rings (SSSR count). The molecule has 0 spiro atoms. The smallest absolute Gasteiger partial charge is 0.171 e. The summed E-state index contributed by atoms with van der Waals surface area (Å²) >= 11 is 5.48. The maximum absolute atomic E-state index is 5.58. The minimum atomic E-state index is -0.154. The highest BCUT2D eigenvalue weighted by molar-refractivity contribution is 7.80. The monoisotopic (exact) mass is 352 g/mol. The Kier molecular flexibility index (Phi) is 5.69. The Morgan fingerprint density at radius 3 is 2.44 bits per heavy atom. The Morgan fingerprint density at radius 2 is 1.80 bits per heavy atom. The summed E-state index contributed by atoms with van der Waals surface area (Å²) < 4.78 is 11.0. The lowest BCUT2D eigenvalue weighted by molar-refractivity contribution is 0.340. The number of ether oxygens (including phenoxy) is 1.